The minimum absolute atomic E-state index is 0.166. The Morgan fingerprint density at radius 2 is 2.08 bits per heavy atom. The van der Waals surface area contributed by atoms with Crippen LogP contribution in [0.25, 0.3) is 0 Å². The second-order valence-electron chi connectivity index (χ2n) is 6.63. The number of thioether (sulfide) groups is 1. The zero-order valence-electron chi connectivity index (χ0n) is 15.2. The number of para-hydroxylation sites is 1. The predicted octanol–water partition coefficient (Wildman–Crippen LogP) is 2.46. The number of ether oxygens (including phenoxy) is 2. The lowest BCUT2D eigenvalue weighted by Gasteiger charge is -2.34. The average molecular weight is 364 g/mol. The smallest absolute Gasteiger partial charge is 0.191 e. The third kappa shape index (κ3) is 4.82. The molecule has 1 aromatic rings. The van der Waals surface area contributed by atoms with E-state index in [0.717, 1.165) is 63.8 Å². The molecule has 1 saturated heterocycles. The number of aliphatic imine (C=N–C) groups is 1. The Labute approximate surface area is 155 Å². The van der Waals surface area contributed by atoms with E-state index in [4.69, 9.17) is 14.5 Å². The lowest BCUT2D eigenvalue weighted by atomic mass is 9.99. The highest BCUT2D eigenvalue weighted by atomic mass is 32.2. The van der Waals surface area contributed by atoms with Crippen LogP contribution in [0.3, 0.4) is 0 Å². The second kappa shape index (κ2) is 8.81. The van der Waals surface area contributed by atoms with Gasteiger partial charge in [0.2, 0.25) is 0 Å². The van der Waals surface area contributed by atoms with Crippen LogP contribution in [0.2, 0.25) is 0 Å². The van der Waals surface area contributed by atoms with Crippen LogP contribution in [0.4, 0.5) is 0 Å². The van der Waals surface area contributed by atoms with E-state index in [-0.39, 0.29) is 10.9 Å². The molecular formula is C19H29N3O2S. The highest BCUT2D eigenvalue weighted by molar-refractivity contribution is 8.00. The maximum absolute atomic E-state index is 6.01. The van der Waals surface area contributed by atoms with Gasteiger partial charge in [-0.15, -0.1) is 0 Å². The molecule has 2 aliphatic heterocycles. The summed E-state index contributed by atoms with van der Waals surface area (Å²) in [7, 11) is 0. The Morgan fingerprint density at radius 1 is 1.28 bits per heavy atom. The van der Waals surface area contributed by atoms with Crippen LogP contribution in [0.15, 0.2) is 29.3 Å². The fourth-order valence-electron chi connectivity index (χ4n) is 3.31. The quantitative estimate of drug-likeness (QED) is 0.601. The van der Waals surface area contributed by atoms with Gasteiger partial charge in [0.15, 0.2) is 5.96 Å². The molecule has 1 atom stereocenters. The van der Waals surface area contributed by atoms with Gasteiger partial charge in [-0.3, -0.25) is 4.99 Å². The van der Waals surface area contributed by atoms with Gasteiger partial charge in [0.25, 0.3) is 0 Å². The SMILES string of the molecule is CCNC(=NCC1(SC)CCOCC1)NCC1Cc2ccccc2O1. The van der Waals surface area contributed by atoms with Crippen molar-refractivity contribution in [2.75, 3.05) is 39.1 Å². The van der Waals surface area contributed by atoms with Gasteiger partial charge >= 0.3 is 0 Å². The molecule has 3 rings (SSSR count). The van der Waals surface area contributed by atoms with E-state index in [9.17, 15) is 0 Å². The highest BCUT2D eigenvalue weighted by Crippen LogP contribution is 2.34. The first-order valence-electron chi connectivity index (χ1n) is 9.14. The van der Waals surface area contributed by atoms with Gasteiger partial charge in [0.05, 0.1) is 13.1 Å². The van der Waals surface area contributed by atoms with Gasteiger partial charge in [-0.1, -0.05) is 18.2 Å². The molecule has 1 unspecified atom stereocenters. The van der Waals surface area contributed by atoms with Crippen LogP contribution in [-0.4, -0.2) is 55.9 Å². The number of nitrogens with one attached hydrogen (secondary N) is 2. The maximum atomic E-state index is 6.01. The molecule has 0 saturated carbocycles. The van der Waals surface area contributed by atoms with Gasteiger partial charge in [-0.2, -0.15) is 11.8 Å². The normalized spacial score (nSPS) is 22.2. The Morgan fingerprint density at radius 3 is 2.80 bits per heavy atom. The molecule has 2 aliphatic rings. The van der Waals surface area contributed by atoms with Gasteiger partial charge in [0.1, 0.15) is 11.9 Å². The van der Waals surface area contributed by atoms with Crippen molar-refractivity contribution >= 4 is 17.7 Å². The fraction of sp³-hybridized carbons (Fsp3) is 0.632. The van der Waals surface area contributed by atoms with Crippen molar-refractivity contribution in [3.05, 3.63) is 29.8 Å². The summed E-state index contributed by atoms with van der Waals surface area (Å²) in [5.74, 6) is 1.89. The molecule has 0 bridgehead atoms. The number of benzene rings is 1. The second-order valence-corrected chi connectivity index (χ2v) is 7.90. The van der Waals surface area contributed by atoms with Gasteiger partial charge in [-0.05, 0) is 37.7 Å². The lowest BCUT2D eigenvalue weighted by Crippen LogP contribution is -2.44. The third-order valence-electron chi connectivity index (χ3n) is 4.92. The Hall–Kier alpha value is -1.40. The number of fused-ring (bicyclic) bond motifs is 1. The average Bonchev–Trinajstić information content (AvgIpc) is 3.08. The van der Waals surface area contributed by atoms with Gasteiger partial charge < -0.3 is 20.1 Å². The summed E-state index contributed by atoms with van der Waals surface area (Å²) in [6.07, 6.45) is 5.44. The third-order valence-corrected chi connectivity index (χ3v) is 6.32. The van der Waals surface area contributed by atoms with Crippen LogP contribution in [0, 0.1) is 0 Å². The summed E-state index contributed by atoms with van der Waals surface area (Å²) in [6, 6.07) is 8.28. The largest absolute Gasteiger partial charge is 0.488 e. The summed E-state index contributed by atoms with van der Waals surface area (Å²) in [4.78, 5) is 4.85. The topological polar surface area (TPSA) is 54.9 Å². The van der Waals surface area contributed by atoms with Crippen molar-refractivity contribution in [3.63, 3.8) is 0 Å². The minimum atomic E-state index is 0.166. The minimum Gasteiger partial charge on any atom is -0.488 e. The van der Waals surface area contributed by atoms with Crippen LogP contribution in [0.5, 0.6) is 5.75 Å². The van der Waals surface area contributed by atoms with Crippen molar-refractivity contribution < 1.29 is 9.47 Å². The summed E-state index contributed by atoms with van der Waals surface area (Å²) >= 11 is 1.92. The van der Waals surface area contributed by atoms with Crippen LogP contribution in [0.1, 0.15) is 25.3 Å². The van der Waals surface area contributed by atoms with Crippen molar-refractivity contribution in [1.29, 1.82) is 0 Å². The molecule has 0 aromatic heterocycles. The summed E-state index contributed by atoms with van der Waals surface area (Å²) in [5.41, 5.74) is 1.29. The van der Waals surface area contributed by atoms with Gasteiger partial charge in [0, 0.05) is 30.9 Å². The summed E-state index contributed by atoms with van der Waals surface area (Å²) in [6.45, 7) is 6.21. The number of hydrogen-bond acceptors (Lipinski definition) is 4. The standard InChI is InChI=1S/C19H29N3O2S/c1-3-20-18(22-14-19(25-2)8-10-23-11-9-19)21-13-16-12-15-6-4-5-7-17(15)24-16/h4-7,16H,3,8-14H2,1-2H3,(H2,20,21,22). The molecule has 1 fully saturated rings. The fourth-order valence-corrected chi connectivity index (χ4v) is 4.08. The summed E-state index contributed by atoms with van der Waals surface area (Å²) < 4.78 is 11.7. The monoisotopic (exact) mass is 363 g/mol. The van der Waals surface area contributed by atoms with E-state index in [2.05, 4.69) is 35.9 Å². The van der Waals surface area contributed by atoms with E-state index in [1.807, 2.05) is 23.9 Å². The Bertz CT molecular complexity index is 563. The van der Waals surface area contributed by atoms with Crippen LogP contribution in [-0.2, 0) is 11.2 Å². The number of guanidine groups is 1. The van der Waals surface area contributed by atoms with Crippen molar-refractivity contribution in [3.8, 4) is 5.75 Å². The molecule has 25 heavy (non-hydrogen) atoms. The van der Waals surface area contributed by atoms with Gasteiger partial charge in [-0.25, -0.2) is 0 Å². The molecule has 1 aromatic carbocycles. The molecule has 0 aliphatic carbocycles. The van der Waals surface area contributed by atoms with Crippen molar-refractivity contribution in [1.82, 2.24) is 10.6 Å². The van der Waals surface area contributed by atoms with Crippen molar-refractivity contribution in [2.24, 2.45) is 4.99 Å². The molecule has 0 spiro atoms. The van der Waals surface area contributed by atoms with E-state index in [1.54, 1.807) is 0 Å². The first kappa shape index (κ1) is 18.4. The first-order valence-corrected chi connectivity index (χ1v) is 10.4. The number of nitrogens with zero attached hydrogens (tertiary/aromatic N) is 1. The highest BCUT2D eigenvalue weighted by Gasteiger charge is 2.31. The maximum Gasteiger partial charge on any atom is 0.191 e. The zero-order valence-corrected chi connectivity index (χ0v) is 16.0. The molecule has 138 valence electrons. The van der Waals surface area contributed by atoms with E-state index < -0.39 is 0 Å². The Balaban J connectivity index is 1.54. The molecular weight excluding hydrogens is 334 g/mol. The molecule has 0 amide bonds. The predicted molar refractivity (Wildman–Crippen MR) is 105 cm³/mol. The lowest BCUT2D eigenvalue weighted by molar-refractivity contribution is 0.0794. The number of hydrogen-bond donors (Lipinski definition) is 2. The molecule has 2 heterocycles. The van der Waals surface area contributed by atoms with Crippen molar-refractivity contribution in [2.45, 2.75) is 37.0 Å². The Kier molecular flexibility index (Phi) is 6.48. The molecule has 2 N–H and O–H groups in total. The zero-order chi connectivity index (χ0) is 17.5. The molecule has 6 heteroatoms. The molecule has 5 nitrogen and oxygen atoms in total. The van der Waals surface area contributed by atoms with E-state index in [1.165, 1.54) is 5.56 Å². The van der Waals surface area contributed by atoms with E-state index in [0.29, 0.717) is 0 Å². The van der Waals surface area contributed by atoms with Crippen LogP contribution < -0.4 is 15.4 Å². The summed E-state index contributed by atoms with van der Waals surface area (Å²) in [5, 5.41) is 6.80. The van der Waals surface area contributed by atoms with Crippen LogP contribution >= 0.6 is 11.8 Å². The number of rotatable bonds is 6. The van der Waals surface area contributed by atoms with E-state index >= 15 is 0 Å². The molecule has 0 radical (unpaired) electrons. The first-order chi connectivity index (χ1) is 12.2.